The van der Waals surface area contributed by atoms with Crippen molar-refractivity contribution in [3.05, 3.63) is 65.2 Å². The number of piperidine rings is 1. The number of carbonyl (C=O) groups is 3. The van der Waals surface area contributed by atoms with Gasteiger partial charge in [-0.2, -0.15) is 0 Å². The van der Waals surface area contributed by atoms with Crippen LogP contribution in [-0.4, -0.2) is 77.8 Å². The van der Waals surface area contributed by atoms with Gasteiger partial charge < -0.3 is 20.4 Å². The first-order valence-corrected chi connectivity index (χ1v) is 10.8. The topological polar surface area (TPSA) is 94.6 Å². The maximum absolute atomic E-state index is 13.1. The van der Waals surface area contributed by atoms with Gasteiger partial charge in [-0.1, -0.05) is 0 Å². The molecule has 9 heteroatoms. The summed E-state index contributed by atoms with van der Waals surface area (Å²) in [4.78, 5) is 45.3. The maximum Gasteiger partial charge on any atom is 0.270 e. The Kier molecular flexibility index (Phi) is 6.75. The lowest BCUT2D eigenvalue weighted by Gasteiger charge is -2.34. The molecule has 0 saturated carbocycles. The van der Waals surface area contributed by atoms with E-state index in [2.05, 4.69) is 15.6 Å². The van der Waals surface area contributed by atoms with Gasteiger partial charge in [-0.05, 0) is 62.3 Å². The summed E-state index contributed by atoms with van der Waals surface area (Å²) in [5.41, 5.74) is 1.12. The van der Waals surface area contributed by atoms with Gasteiger partial charge in [0.25, 0.3) is 17.7 Å². The van der Waals surface area contributed by atoms with Crippen LogP contribution in [0.5, 0.6) is 0 Å². The van der Waals surface area contributed by atoms with Gasteiger partial charge in [-0.3, -0.25) is 19.4 Å². The Morgan fingerprint density at radius 1 is 0.875 bits per heavy atom. The van der Waals surface area contributed by atoms with Gasteiger partial charge in [-0.25, -0.2) is 4.39 Å². The Morgan fingerprint density at radius 2 is 1.44 bits per heavy atom. The molecule has 3 heterocycles. The molecular formula is C23H26FN5O3. The van der Waals surface area contributed by atoms with Crippen molar-refractivity contribution in [2.45, 2.75) is 18.9 Å². The lowest BCUT2D eigenvalue weighted by Crippen LogP contribution is -2.50. The van der Waals surface area contributed by atoms with Crippen molar-refractivity contribution in [2.75, 3.05) is 39.3 Å². The minimum Gasteiger partial charge on any atom is -0.348 e. The molecule has 2 aliphatic rings. The predicted molar refractivity (Wildman–Crippen MR) is 116 cm³/mol. The molecule has 2 saturated heterocycles. The van der Waals surface area contributed by atoms with Crippen LogP contribution in [0.1, 0.15) is 44.0 Å². The molecule has 2 fully saturated rings. The second kappa shape index (κ2) is 9.86. The van der Waals surface area contributed by atoms with Crippen LogP contribution >= 0.6 is 0 Å². The molecule has 8 nitrogen and oxygen atoms in total. The van der Waals surface area contributed by atoms with Crippen LogP contribution < -0.4 is 10.6 Å². The summed E-state index contributed by atoms with van der Waals surface area (Å²) in [6, 6.07) is 8.77. The van der Waals surface area contributed by atoms with Crippen molar-refractivity contribution in [1.29, 1.82) is 0 Å². The average Bonchev–Trinajstić information content (AvgIpc) is 2.84. The number of benzene rings is 1. The van der Waals surface area contributed by atoms with Gasteiger partial charge in [0.1, 0.15) is 11.5 Å². The van der Waals surface area contributed by atoms with Crippen molar-refractivity contribution in [1.82, 2.24) is 25.4 Å². The van der Waals surface area contributed by atoms with Crippen LogP contribution in [0.4, 0.5) is 4.39 Å². The van der Waals surface area contributed by atoms with E-state index in [0.717, 1.165) is 25.9 Å². The molecule has 0 spiro atoms. The Morgan fingerprint density at radius 3 is 2.00 bits per heavy atom. The maximum atomic E-state index is 13.1. The van der Waals surface area contributed by atoms with Crippen molar-refractivity contribution in [2.24, 2.45) is 0 Å². The first-order valence-electron chi connectivity index (χ1n) is 10.8. The highest BCUT2D eigenvalue weighted by Gasteiger charge is 2.26. The Bertz CT molecular complexity index is 966. The molecular weight excluding hydrogens is 413 g/mol. The van der Waals surface area contributed by atoms with Crippen LogP contribution in [0.25, 0.3) is 0 Å². The fraction of sp³-hybridized carbons (Fsp3) is 0.391. The van der Waals surface area contributed by atoms with Crippen molar-refractivity contribution in [3.8, 4) is 0 Å². The van der Waals surface area contributed by atoms with E-state index < -0.39 is 0 Å². The third kappa shape index (κ3) is 5.11. The number of aromatic nitrogens is 1. The van der Waals surface area contributed by atoms with Crippen LogP contribution in [0, 0.1) is 5.82 Å². The minimum absolute atomic E-state index is 0.140. The van der Waals surface area contributed by atoms with E-state index in [4.69, 9.17) is 0 Å². The number of nitrogens with zero attached hydrogens (tertiary/aromatic N) is 3. The molecule has 2 N–H and O–H groups in total. The van der Waals surface area contributed by atoms with E-state index in [1.54, 1.807) is 21.9 Å². The van der Waals surface area contributed by atoms with Gasteiger partial charge in [0.2, 0.25) is 0 Å². The van der Waals surface area contributed by atoms with Crippen molar-refractivity contribution >= 4 is 17.7 Å². The number of halogens is 1. The molecule has 0 bridgehead atoms. The third-order valence-corrected chi connectivity index (χ3v) is 5.86. The van der Waals surface area contributed by atoms with E-state index in [0.29, 0.717) is 37.3 Å². The van der Waals surface area contributed by atoms with Crippen LogP contribution in [0.3, 0.4) is 0 Å². The highest BCUT2D eigenvalue weighted by molar-refractivity contribution is 5.97. The van der Waals surface area contributed by atoms with Crippen LogP contribution in [0.2, 0.25) is 0 Å². The number of piperazine rings is 1. The molecule has 0 atom stereocenters. The smallest absolute Gasteiger partial charge is 0.270 e. The van der Waals surface area contributed by atoms with E-state index in [-0.39, 0.29) is 35.3 Å². The second-order valence-electron chi connectivity index (χ2n) is 8.02. The van der Waals surface area contributed by atoms with Crippen molar-refractivity contribution < 1.29 is 18.8 Å². The second-order valence-corrected chi connectivity index (χ2v) is 8.02. The molecule has 0 radical (unpaired) electrons. The molecule has 2 aliphatic heterocycles. The number of amides is 3. The Labute approximate surface area is 185 Å². The monoisotopic (exact) mass is 439 g/mol. The zero-order valence-corrected chi connectivity index (χ0v) is 17.7. The highest BCUT2D eigenvalue weighted by atomic mass is 19.1. The number of carbonyl (C=O) groups excluding carboxylic acids is 3. The summed E-state index contributed by atoms with van der Waals surface area (Å²) < 4.78 is 13.1. The highest BCUT2D eigenvalue weighted by Crippen LogP contribution is 2.13. The van der Waals surface area contributed by atoms with Gasteiger partial charge in [-0.15, -0.1) is 0 Å². The fourth-order valence-corrected chi connectivity index (χ4v) is 3.95. The number of pyridine rings is 1. The lowest BCUT2D eigenvalue weighted by atomic mass is 10.1. The number of rotatable bonds is 4. The van der Waals surface area contributed by atoms with Crippen LogP contribution in [-0.2, 0) is 0 Å². The molecule has 32 heavy (non-hydrogen) atoms. The van der Waals surface area contributed by atoms with E-state index in [1.807, 2.05) is 0 Å². The first-order chi connectivity index (χ1) is 15.5. The summed E-state index contributed by atoms with van der Waals surface area (Å²) >= 11 is 0. The van der Waals surface area contributed by atoms with Crippen LogP contribution in [0.15, 0.2) is 42.6 Å². The molecule has 2 aromatic rings. The minimum atomic E-state index is -0.389. The predicted octanol–water partition coefficient (Wildman–Crippen LogP) is 1.30. The molecule has 0 unspecified atom stereocenters. The summed E-state index contributed by atoms with van der Waals surface area (Å²) in [7, 11) is 0. The SMILES string of the molecule is O=C(NC1CCNCC1)c1ccc(C(=O)N2CCN(C(=O)c3ccc(F)cc3)CC2)cn1. The zero-order valence-electron chi connectivity index (χ0n) is 17.7. The Balaban J connectivity index is 1.30. The standard InChI is InChI=1S/C23H26FN5O3/c24-18-4-1-16(2-5-18)22(31)28-11-13-29(14-12-28)23(32)17-3-6-20(26-15-17)21(30)27-19-7-9-25-10-8-19/h1-6,15,19,25H,7-14H2,(H,27,30). The van der Waals surface area contributed by atoms with E-state index in [1.165, 1.54) is 30.5 Å². The fourth-order valence-electron chi connectivity index (χ4n) is 3.95. The third-order valence-electron chi connectivity index (χ3n) is 5.86. The summed E-state index contributed by atoms with van der Waals surface area (Å²) in [5.74, 6) is -0.983. The van der Waals surface area contributed by atoms with Gasteiger partial charge in [0, 0.05) is 44.0 Å². The number of nitrogens with one attached hydrogen (secondary N) is 2. The molecule has 1 aromatic heterocycles. The molecule has 168 valence electrons. The number of hydrogen-bond acceptors (Lipinski definition) is 5. The summed E-state index contributed by atoms with van der Waals surface area (Å²) in [5, 5.41) is 6.24. The van der Waals surface area contributed by atoms with E-state index >= 15 is 0 Å². The lowest BCUT2D eigenvalue weighted by molar-refractivity contribution is 0.0535. The molecule has 0 aliphatic carbocycles. The summed E-state index contributed by atoms with van der Waals surface area (Å²) in [6.07, 6.45) is 3.20. The molecule has 3 amide bonds. The first kappa shape index (κ1) is 21.9. The van der Waals surface area contributed by atoms with Gasteiger partial charge in [0.05, 0.1) is 5.56 Å². The number of hydrogen-bond donors (Lipinski definition) is 2. The molecule has 4 rings (SSSR count). The molecule has 1 aromatic carbocycles. The average molecular weight is 439 g/mol. The zero-order chi connectivity index (χ0) is 22.5. The normalized spacial score (nSPS) is 17.2. The largest absolute Gasteiger partial charge is 0.348 e. The summed E-state index contributed by atoms with van der Waals surface area (Å²) in [6.45, 7) is 3.34. The van der Waals surface area contributed by atoms with Gasteiger partial charge in [0.15, 0.2) is 0 Å². The van der Waals surface area contributed by atoms with Crippen molar-refractivity contribution in [3.63, 3.8) is 0 Å². The quantitative estimate of drug-likeness (QED) is 0.749. The van der Waals surface area contributed by atoms with E-state index in [9.17, 15) is 18.8 Å². The Hall–Kier alpha value is -3.33. The van der Waals surface area contributed by atoms with Gasteiger partial charge >= 0.3 is 0 Å².